The Bertz CT molecular complexity index is 492. The van der Waals surface area contributed by atoms with E-state index in [1.54, 1.807) is 30.3 Å². The number of hydrogen-bond acceptors (Lipinski definition) is 2. The van der Waals surface area contributed by atoms with Gasteiger partial charge in [0.15, 0.2) is 0 Å². The summed E-state index contributed by atoms with van der Waals surface area (Å²) in [5.41, 5.74) is 1.05. The Balaban J connectivity index is 2.93. The third-order valence-electron chi connectivity index (χ3n) is 2.93. The highest BCUT2D eigenvalue weighted by Gasteiger charge is 2.19. The molecule has 1 rings (SSSR count). The lowest BCUT2D eigenvalue weighted by Crippen LogP contribution is -2.35. The molecule has 18 heavy (non-hydrogen) atoms. The fourth-order valence-corrected chi connectivity index (χ4v) is 3.05. The number of nitrogens with one attached hydrogen (secondary N) is 1. The van der Waals surface area contributed by atoms with E-state index in [0.717, 1.165) is 18.4 Å². The van der Waals surface area contributed by atoms with Gasteiger partial charge in [0.2, 0.25) is 10.0 Å². The van der Waals surface area contributed by atoms with Gasteiger partial charge in [-0.25, -0.2) is 13.1 Å². The van der Waals surface area contributed by atoms with E-state index in [4.69, 9.17) is 0 Å². The summed E-state index contributed by atoms with van der Waals surface area (Å²) in [6, 6.07) is 8.36. The third kappa shape index (κ3) is 3.96. The number of allylic oxidation sites excluding steroid dienone is 1. The van der Waals surface area contributed by atoms with Crippen molar-refractivity contribution in [3.8, 4) is 0 Å². The Hall–Kier alpha value is -1.13. The van der Waals surface area contributed by atoms with Gasteiger partial charge in [0.25, 0.3) is 0 Å². The summed E-state index contributed by atoms with van der Waals surface area (Å²) in [7, 11) is -3.43. The predicted octanol–water partition coefficient (Wildman–Crippen LogP) is 3.10. The van der Waals surface area contributed by atoms with Crippen LogP contribution >= 0.6 is 0 Å². The molecule has 0 aliphatic carbocycles. The average molecular weight is 267 g/mol. The minimum absolute atomic E-state index is 0.120. The molecule has 0 aliphatic rings. The fourth-order valence-electron chi connectivity index (χ4n) is 1.72. The summed E-state index contributed by atoms with van der Waals surface area (Å²) >= 11 is 0. The standard InChI is InChI=1S/C14H21NO2S/c1-4-9-14(12(3)5-2)15-18(16,17)13-10-7-6-8-11-13/h5-8,10-11,14-15H,4,9H2,1-3H3/b12-5+/t14-/m1/s1. The number of rotatable bonds is 6. The van der Waals surface area contributed by atoms with Gasteiger partial charge < -0.3 is 0 Å². The van der Waals surface area contributed by atoms with Gasteiger partial charge in [0.05, 0.1) is 4.90 Å². The third-order valence-corrected chi connectivity index (χ3v) is 4.42. The normalized spacial score (nSPS) is 14.5. The van der Waals surface area contributed by atoms with E-state index in [1.807, 2.05) is 26.8 Å². The molecule has 3 nitrogen and oxygen atoms in total. The molecule has 0 bridgehead atoms. The molecule has 1 N–H and O–H groups in total. The number of hydrogen-bond donors (Lipinski definition) is 1. The zero-order chi connectivity index (χ0) is 13.6. The monoisotopic (exact) mass is 267 g/mol. The maximum atomic E-state index is 12.2. The van der Waals surface area contributed by atoms with Crippen LogP contribution in [0.2, 0.25) is 0 Å². The Morgan fingerprint density at radius 2 is 1.94 bits per heavy atom. The first-order valence-electron chi connectivity index (χ1n) is 6.21. The minimum atomic E-state index is -3.43. The van der Waals surface area contributed by atoms with Gasteiger partial charge in [-0.1, -0.05) is 43.2 Å². The van der Waals surface area contributed by atoms with Crippen LogP contribution in [0.5, 0.6) is 0 Å². The molecule has 0 radical (unpaired) electrons. The van der Waals surface area contributed by atoms with Crippen LogP contribution < -0.4 is 4.72 Å². The van der Waals surface area contributed by atoms with Crippen molar-refractivity contribution >= 4 is 10.0 Å². The zero-order valence-corrected chi connectivity index (χ0v) is 12.0. The van der Waals surface area contributed by atoms with Gasteiger partial charge >= 0.3 is 0 Å². The van der Waals surface area contributed by atoms with Crippen LogP contribution in [0.1, 0.15) is 33.6 Å². The van der Waals surface area contributed by atoms with Crippen LogP contribution in [-0.2, 0) is 10.0 Å². The second kappa shape index (κ2) is 6.71. The van der Waals surface area contributed by atoms with E-state index < -0.39 is 10.0 Å². The van der Waals surface area contributed by atoms with E-state index >= 15 is 0 Å². The molecule has 1 aromatic rings. The lowest BCUT2D eigenvalue weighted by Gasteiger charge is -2.19. The molecule has 0 saturated carbocycles. The highest BCUT2D eigenvalue weighted by Crippen LogP contribution is 2.14. The van der Waals surface area contributed by atoms with Crippen LogP contribution in [0, 0.1) is 0 Å². The van der Waals surface area contributed by atoms with E-state index in [-0.39, 0.29) is 6.04 Å². The molecule has 0 fully saturated rings. The Labute approximate surface area is 110 Å². The summed E-state index contributed by atoms with van der Waals surface area (Å²) in [6.45, 7) is 5.93. The summed E-state index contributed by atoms with van der Waals surface area (Å²) in [5, 5.41) is 0. The zero-order valence-electron chi connectivity index (χ0n) is 11.2. The second-order valence-electron chi connectivity index (χ2n) is 4.31. The van der Waals surface area contributed by atoms with Crippen molar-refractivity contribution in [2.24, 2.45) is 0 Å². The molecule has 0 unspecified atom stereocenters. The maximum Gasteiger partial charge on any atom is 0.241 e. The predicted molar refractivity (Wildman–Crippen MR) is 74.9 cm³/mol. The SMILES string of the molecule is C/C=C(\C)[C@@H](CCC)NS(=O)(=O)c1ccccc1. The van der Waals surface area contributed by atoms with Crippen LogP contribution in [-0.4, -0.2) is 14.5 Å². The Kier molecular flexibility index (Phi) is 5.56. The number of benzene rings is 1. The van der Waals surface area contributed by atoms with Gasteiger partial charge in [0, 0.05) is 6.04 Å². The van der Waals surface area contributed by atoms with Gasteiger partial charge in [-0.05, 0) is 32.4 Å². The van der Waals surface area contributed by atoms with Gasteiger partial charge in [0.1, 0.15) is 0 Å². The summed E-state index contributed by atoms with van der Waals surface area (Å²) < 4.78 is 27.2. The van der Waals surface area contributed by atoms with E-state index in [9.17, 15) is 8.42 Å². The molecule has 1 aromatic carbocycles. The molecule has 0 aromatic heterocycles. The van der Waals surface area contributed by atoms with Crippen molar-refractivity contribution in [2.45, 2.75) is 44.6 Å². The average Bonchev–Trinajstić information content (AvgIpc) is 2.38. The smallest absolute Gasteiger partial charge is 0.207 e. The second-order valence-corrected chi connectivity index (χ2v) is 6.02. The van der Waals surface area contributed by atoms with E-state index in [2.05, 4.69) is 4.72 Å². The molecule has 0 spiro atoms. The lowest BCUT2D eigenvalue weighted by atomic mass is 10.1. The van der Waals surface area contributed by atoms with Gasteiger partial charge in [-0.15, -0.1) is 0 Å². The molecule has 4 heteroatoms. The first-order valence-corrected chi connectivity index (χ1v) is 7.69. The summed E-state index contributed by atoms with van der Waals surface area (Å²) in [5.74, 6) is 0. The van der Waals surface area contributed by atoms with Gasteiger partial charge in [-0.2, -0.15) is 0 Å². The first kappa shape index (κ1) is 14.9. The fraction of sp³-hybridized carbons (Fsp3) is 0.429. The Morgan fingerprint density at radius 1 is 1.33 bits per heavy atom. The van der Waals surface area contributed by atoms with Crippen LogP contribution in [0.4, 0.5) is 0 Å². The van der Waals surface area contributed by atoms with Crippen molar-refractivity contribution in [3.63, 3.8) is 0 Å². The lowest BCUT2D eigenvalue weighted by molar-refractivity contribution is 0.552. The molecular weight excluding hydrogens is 246 g/mol. The first-order chi connectivity index (χ1) is 8.51. The van der Waals surface area contributed by atoms with Crippen molar-refractivity contribution < 1.29 is 8.42 Å². The highest BCUT2D eigenvalue weighted by molar-refractivity contribution is 7.89. The van der Waals surface area contributed by atoms with Crippen molar-refractivity contribution in [3.05, 3.63) is 42.0 Å². The molecule has 1 atom stereocenters. The van der Waals surface area contributed by atoms with Crippen LogP contribution in [0.25, 0.3) is 0 Å². The van der Waals surface area contributed by atoms with Gasteiger partial charge in [-0.3, -0.25) is 0 Å². The summed E-state index contributed by atoms with van der Waals surface area (Å²) in [6.07, 6.45) is 3.70. The van der Waals surface area contributed by atoms with E-state index in [1.165, 1.54) is 0 Å². The minimum Gasteiger partial charge on any atom is -0.207 e. The van der Waals surface area contributed by atoms with Crippen LogP contribution in [0.3, 0.4) is 0 Å². The maximum absolute atomic E-state index is 12.2. The molecule has 0 aliphatic heterocycles. The molecule has 100 valence electrons. The molecule has 0 saturated heterocycles. The number of sulfonamides is 1. The van der Waals surface area contributed by atoms with Crippen molar-refractivity contribution in [1.29, 1.82) is 0 Å². The largest absolute Gasteiger partial charge is 0.241 e. The Morgan fingerprint density at radius 3 is 2.44 bits per heavy atom. The van der Waals surface area contributed by atoms with Crippen molar-refractivity contribution in [2.75, 3.05) is 0 Å². The summed E-state index contributed by atoms with van der Waals surface area (Å²) in [4.78, 5) is 0.315. The highest BCUT2D eigenvalue weighted by atomic mass is 32.2. The molecular formula is C14H21NO2S. The topological polar surface area (TPSA) is 46.2 Å². The van der Waals surface area contributed by atoms with E-state index in [0.29, 0.717) is 4.90 Å². The molecule has 0 amide bonds. The van der Waals surface area contributed by atoms with Crippen LogP contribution in [0.15, 0.2) is 46.9 Å². The molecule has 0 heterocycles. The van der Waals surface area contributed by atoms with Crippen molar-refractivity contribution in [1.82, 2.24) is 4.72 Å². The quantitative estimate of drug-likeness (QED) is 0.805.